The normalized spacial score (nSPS) is 37.3. The molecule has 0 bridgehead atoms. The highest BCUT2D eigenvalue weighted by Crippen LogP contribution is 2.42. The van der Waals surface area contributed by atoms with Gasteiger partial charge in [-0.2, -0.15) is 11.8 Å². The second kappa shape index (κ2) is 7.19. The molecular weight excluding hydrogens is 274 g/mol. The van der Waals surface area contributed by atoms with Crippen LogP contribution in [-0.4, -0.2) is 16.5 Å². The molecule has 1 aromatic rings. The van der Waals surface area contributed by atoms with Crippen LogP contribution in [0, 0.1) is 5.92 Å². The molecule has 1 aromatic carbocycles. The van der Waals surface area contributed by atoms with Crippen molar-refractivity contribution in [2.45, 2.75) is 74.3 Å². The third kappa shape index (κ3) is 4.04. The zero-order valence-electron chi connectivity index (χ0n) is 13.2. The quantitative estimate of drug-likeness (QED) is 0.854. The predicted molar refractivity (Wildman–Crippen MR) is 93.8 cm³/mol. The van der Waals surface area contributed by atoms with Gasteiger partial charge in [0.05, 0.1) is 0 Å². The molecule has 0 heterocycles. The summed E-state index contributed by atoms with van der Waals surface area (Å²) in [5, 5.41) is 1.53. The zero-order valence-corrected chi connectivity index (χ0v) is 14.0. The van der Waals surface area contributed by atoms with Crippen molar-refractivity contribution < 1.29 is 0 Å². The lowest BCUT2D eigenvalue weighted by Gasteiger charge is -2.37. The van der Waals surface area contributed by atoms with Gasteiger partial charge in [-0.1, -0.05) is 50.1 Å². The molecule has 5 unspecified atom stereocenters. The molecule has 0 aromatic heterocycles. The van der Waals surface area contributed by atoms with Gasteiger partial charge in [-0.15, -0.1) is 0 Å². The van der Waals surface area contributed by atoms with E-state index in [2.05, 4.69) is 49.0 Å². The van der Waals surface area contributed by atoms with Crippen molar-refractivity contribution in [2.75, 3.05) is 0 Å². The summed E-state index contributed by atoms with van der Waals surface area (Å²) < 4.78 is 0. The van der Waals surface area contributed by atoms with Crippen molar-refractivity contribution in [3.05, 3.63) is 35.9 Å². The molecule has 116 valence electrons. The number of rotatable bonds is 3. The minimum absolute atomic E-state index is 0.409. The number of thioether (sulfide) groups is 1. The van der Waals surface area contributed by atoms with Crippen molar-refractivity contribution >= 4 is 11.8 Å². The summed E-state index contributed by atoms with van der Waals surface area (Å²) in [6.07, 6.45) is 9.41. The van der Waals surface area contributed by atoms with Crippen LogP contribution < -0.4 is 5.73 Å². The summed E-state index contributed by atoms with van der Waals surface area (Å²) >= 11 is 2.23. The fourth-order valence-corrected chi connectivity index (χ4v) is 6.00. The highest BCUT2D eigenvalue weighted by molar-refractivity contribution is 8.00. The van der Waals surface area contributed by atoms with Crippen molar-refractivity contribution in [2.24, 2.45) is 11.7 Å². The van der Waals surface area contributed by atoms with Crippen molar-refractivity contribution in [1.82, 2.24) is 0 Å². The predicted octanol–water partition coefficient (Wildman–Crippen LogP) is 4.96. The summed E-state index contributed by atoms with van der Waals surface area (Å²) in [5.41, 5.74) is 7.97. The lowest BCUT2D eigenvalue weighted by molar-refractivity contribution is 0.383. The molecular formula is C19H29NS. The van der Waals surface area contributed by atoms with E-state index < -0.39 is 0 Å². The van der Waals surface area contributed by atoms with E-state index >= 15 is 0 Å². The van der Waals surface area contributed by atoms with Crippen molar-refractivity contribution in [3.8, 4) is 0 Å². The molecule has 0 spiro atoms. The SMILES string of the molecule is CC1CCCC(SC2CC(c3ccccc3)CCC2N)C1. The van der Waals surface area contributed by atoms with Gasteiger partial charge in [0.15, 0.2) is 0 Å². The van der Waals surface area contributed by atoms with Gasteiger partial charge in [0.2, 0.25) is 0 Å². The zero-order chi connectivity index (χ0) is 14.7. The minimum Gasteiger partial charge on any atom is -0.327 e. The number of benzene rings is 1. The second-order valence-corrected chi connectivity index (χ2v) is 8.70. The van der Waals surface area contributed by atoms with Gasteiger partial charge in [0.25, 0.3) is 0 Å². The van der Waals surface area contributed by atoms with Crippen LogP contribution in [0.4, 0.5) is 0 Å². The maximum atomic E-state index is 6.45. The van der Waals surface area contributed by atoms with Gasteiger partial charge in [0, 0.05) is 16.5 Å². The minimum atomic E-state index is 0.409. The lowest BCUT2D eigenvalue weighted by Crippen LogP contribution is -2.39. The summed E-state index contributed by atoms with van der Waals surface area (Å²) in [6, 6.07) is 11.5. The van der Waals surface area contributed by atoms with E-state index in [0.717, 1.165) is 17.1 Å². The van der Waals surface area contributed by atoms with Gasteiger partial charge < -0.3 is 5.73 Å². The Hall–Kier alpha value is -0.470. The molecule has 0 saturated heterocycles. The van der Waals surface area contributed by atoms with E-state index in [1.165, 1.54) is 50.5 Å². The first kappa shape index (κ1) is 15.4. The first-order chi connectivity index (χ1) is 10.2. The average Bonchev–Trinajstić information content (AvgIpc) is 2.50. The Morgan fingerprint density at radius 2 is 1.81 bits per heavy atom. The smallest absolute Gasteiger partial charge is 0.0207 e. The first-order valence-electron chi connectivity index (χ1n) is 8.68. The van der Waals surface area contributed by atoms with Gasteiger partial charge in [0.1, 0.15) is 0 Å². The largest absolute Gasteiger partial charge is 0.327 e. The Morgan fingerprint density at radius 3 is 2.57 bits per heavy atom. The Kier molecular flexibility index (Phi) is 5.29. The summed E-state index contributed by atoms with van der Waals surface area (Å²) in [5.74, 6) is 1.64. The van der Waals surface area contributed by atoms with Crippen LogP contribution in [-0.2, 0) is 0 Å². The fraction of sp³-hybridized carbons (Fsp3) is 0.684. The van der Waals surface area contributed by atoms with E-state index in [1.54, 1.807) is 0 Å². The molecule has 2 saturated carbocycles. The van der Waals surface area contributed by atoms with E-state index in [0.29, 0.717) is 11.3 Å². The second-order valence-electron chi connectivity index (χ2n) is 7.15. The molecule has 2 aliphatic rings. The van der Waals surface area contributed by atoms with Crippen LogP contribution in [0.15, 0.2) is 30.3 Å². The van der Waals surface area contributed by atoms with Crippen LogP contribution >= 0.6 is 11.8 Å². The summed E-state index contributed by atoms with van der Waals surface area (Å²) in [4.78, 5) is 0. The average molecular weight is 304 g/mol. The highest BCUT2D eigenvalue weighted by atomic mass is 32.2. The maximum absolute atomic E-state index is 6.45. The fourth-order valence-electron chi connectivity index (χ4n) is 4.09. The highest BCUT2D eigenvalue weighted by Gasteiger charge is 2.32. The summed E-state index contributed by atoms with van der Waals surface area (Å²) in [6.45, 7) is 2.42. The van der Waals surface area contributed by atoms with Crippen molar-refractivity contribution in [3.63, 3.8) is 0 Å². The molecule has 3 rings (SSSR count). The van der Waals surface area contributed by atoms with Crippen LogP contribution in [0.25, 0.3) is 0 Å². The molecule has 0 amide bonds. The summed E-state index contributed by atoms with van der Waals surface area (Å²) in [7, 11) is 0. The number of nitrogens with two attached hydrogens (primary N) is 1. The van der Waals surface area contributed by atoms with E-state index in [-0.39, 0.29) is 0 Å². The third-order valence-corrected chi connectivity index (χ3v) is 7.07. The Morgan fingerprint density at radius 1 is 1.00 bits per heavy atom. The van der Waals surface area contributed by atoms with Crippen molar-refractivity contribution in [1.29, 1.82) is 0 Å². The van der Waals surface area contributed by atoms with Crippen LogP contribution in [0.1, 0.15) is 63.4 Å². The molecule has 2 heteroatoms. The molecule has 2 fully saturated rings. The van der Waals surface area contributed by atoms with Crippen LogP contribution in [0.5, 0.6) is 0 Å². The maximum Gasteiger partial charge on any atom is 0.0207 e. The van der Waals surface area contributed by atoms with Gasteiger partial charge >= 0.3 is 0 Å². The molecule has 2 aliphatic carbocycles. The Balaban J connectivity index is 1.61. The topological polar surface area (TPSA) is 26.0 Å². The lowest BCUT2D eigenvalue weighted by atomic mass is 9.82. The first-order valence-corrected chi connectivity index (χ1v) is 9.62. The monoisotopic (exact) mass is 303 g/mol. The molecule has 21 heavy (non-hydrogen) atoms. The Bertz CT molecular complexity index is 432. The van der Waals surface area contributed by atoms with Gasteiger partial charge in [-0.25, -0.2) is 0 Å². The van der Waals surface area contributed by atoms with E-state index in [9.17, 15) is 0 Å². The molecule has 0 aliphatic heterocycles. The van der Waals surface area contributed by atoms with Gasteiger partial charge in [-0.3, -0.25) is 0 Å². The molecule has 2 N–H and O–H groups in total. The van der Waals surface area contributed by atoms with Crippen LogP contribution in [0.2, 0.25) is 0 Å². The molecule has 0 radical (unpaired) electrons. The third-order valence-electron chi connectivity index (χ3n) is 5.37. The van der Waals surface area contributed by atoms with E-state index in [4.69, 9.17) is 5.73 Å². The van der Waals surface area contributed by atoms with Gasteiger partial charge in [-0.05, 0) is 49.5 Å². The standard InChI is InChI=1S/C19H29NS/c1-14-6-5-9-17(12-14)21-19-13-16(10-11-18(19)20)15-7-3-2-4-8-15/h2-4,7-8,14,16-19H,5-6,9-13,20H2,1H3. The number of hydrogen-bond donors (Lipinski definition) is 1. The molecule has 1 nitrogen and oxygen atoms in total. The van der Waals surface area contributed by atoms with Crippen LogP contribution in [0.3, 0.4) is 0 Å². The molecule has 5 atom stereocenters. The van der Waals surface area contributed by atoms with E-state index in [1.807, 2.05) is 0 Å². The Labute approximate surface area is 134 Å². The number of hydrogen-bond acceptors (Lipinski definition) is 2.